The summed E-state index contributed by atoms with van der Waals surface area (Å²) in [6.07, 6.45) is 0. The van der Waals surface area contributed by atoms with Crippen LogP contribution in [0.1, 0.15) is 18.5 Å². The molecule has 2 atom stereocenters. The van der Waals surface area contributed by atoms with Crippen molar-refractivity contribution in [2.75, 3.05) is 16.8 Å². The normalized spacial score (nSPS) is 24.7. The highest BCUT2D eigenvalue weighted by Crippen LogP contribution is 2.38. The van der Waals surface area contributed by atoms with Crippen LogP contribution in [0.5, 0.6) is 0 Å². The third-order valence-electron chi connectivity index (χ3n) is 3.73. The van der Waals surface area contributed by atoms with Gasteiger partial charge in [0.2, 0.25) is 17.7 Å². The average molecular weight is 309 g/mol. The fourth-order valence-corrected chi connectivity index (χ4v) is 2.80. The molecule has 3 rings (SSSR count). The van der Waals surface area contributed by atoms with Crippen LogP contribution in [0.4, 0.5) is 11.4 Å². The van der Waals surface area contributed by atoms with Crippen molar-refractivity contribution in [1.29, 1.82) is 0 Å². The highest BCUT2D eigenvalue weighted by atomic mass is 35.5. The third kappa shape index (κ3) is 2.14. The number of amides is 3. The lowest BCUT2D eigenvalue weighted by atomic mass is 10.1. The van der Waals surface area contributed by atoms with Crippen LogP contribution in [-0.4, -0.2) is 30.3 Å². The van der Waals surface area contributed by atoms with Gasteiger partial charge in [-0.3, -0.25) is 19.7 Å². The number of nitrogens with zero attached hydrogens (tertiary/aromatic N) is 1. The zero-order valence-corrected chi connectivity index (χ0v) is 11.9. The Kier molecular flexibility index (Phi) is 3.11. The highest BCUT2D eigenvalue weighted by Gasteiger charge is 2.34. The second kappa shape index (κ2) is 4.71. The Morgan fingerprint density at radius 3 is 2.67 bits per heavy atom. The number of hydrogen-bond donors (Lipinski definition) is 3. The van der Waals surface area contributed by atoms with Crippen molar-refractivity contribution in [3.05, 3.63) is 22.7 Å². The molecule has 2 unspecified atom stereocenters. The van der Waals surface area contributed by atoms with Crippen LogP contribution in [0.2, 0.25) is 5.02 Å². The molecule has 2 heterocycles. The number of halogens is 1. The summed E-state index contributed by atoms with van der Waals surface area (Å²) in [7, 11) is 0. The number of imide groups is 1. The first-order chi connectivity index (χ1) is 9.88. The van der Waals surface area contributed by atoms with Crippen LogP contribution in [0.25, 0.3) is 0 Å². The number of nitrogens with two attached hydrogens (primary N) is 1. The van der Waals surface area contributed by atoms with E-state index in [1.807, 2.05) is 0 Å². The summed E-state index contributed by atoms with van der Waals surface area (Å²) in [5.41, 5.74) is 7.43. The molecule has 1 fully saturated rings. The lowest BCUT2D eigenvalue weighted by Crippen LogP contribution is -2.57. The molecule has 1 saturated heterocycles. The van der Waals surface area contributed by atoms with E-state index in [1.54, 1.807) is 24.0 Å². The molecular weight excluding hydrogens is 296 g/mol. The van der Waals surface area contributed by atoms with Crippen LogP contribution in [0.3, 0.4) is 0 Å². The van der Waals surface area contributed by atoms with E-state index >= 15 is 0 Å². The summed E-state index contributed by atoms with van der Waals surface area (Å²) in [5, 5.41) is 5.26. The SMILES string of the molecule is CC1C(=O)NC(=O)CN1c1cc2c(cc1Cl)C(N)C(=O)N2. The highest BCUT2D eigenvalue weighted by molar-refractivity contribution is 6.34. The fraction of sp³-hybridized carbons (Fsp3) is 0.308. The van der Waals surface area contributed by atoms with Gasteiger partial charge in [-0.2, -0.15) is 0 Å². The van der Waals surface area contributed by atoms with Gasteiger partial charge in [-0.15, -0.1) is 0 Å². The van der Waals surface area contributed by atoms with Gasteiger partial charge in [-0.25, -0.2) is 0 Å². The first-order valence-corrected chi connectivity index (χ1v) is 6.76. The summed E-state index contributed by atoms with van der Waals surface area (Å²) in [6.45, 7) is 1.70. The lowest BCUT2D eigenvalue weighted by Gasteiger charge is -2.34. The summed E-state index contributed by atoms with van der Waals surface area (Å²) in [6, 6.07) is 1.95. The van der Waals surface area contributed by atoms with Gasteiger partial charge < -0.3 is 16.0 Å². The van der Waals surface area contributed by atoms with Gasteiger partial charge >= 0.3 is 0 Å². The van der Waals surface area contributed by atoms with Crippen molar-refractivity contribution in [3.8, 4) is 0 Å². The zero-order chi connectivity index (χ0) is 15.3. The van der Waals surface area contributed by atoms with Gasteiger partial charge in [0.25, 0.3) is 0 Å². The Balaban J connectivity index is 2.04. The van der Waals surface area contributed by atoms with Crippen molar-refractivity contribution in [2.45, 2.75) is 19.0 Å². The number of piperazine rings is 1. The van der Waals surface area contributed by atoms with Crippen molar-refractivity contribution >= 4 is 40.7 Å². The molecule has 7 nitrogen and oxygen atoms in total. The van der Waals surface area contributed by atoms with Crippen molar-refractivity contribution in [1.82, 2.24) is 5.32 Å². The molecule has 1 aromatic rings. The average Bonchev–Trinajstić information content (AvgIpc) is 2.69. The maximum Gasteiger partial charge on any atom is 0.249 e. The smallest absolute Gasteiger partial charge is 0.249 e. The molecule has 2 aliphatic heterocycles. The molecule has 0 aliphatic carbocycles. The van der Waals surface area contributed by atoms with Gasteiger partial charge in [0.05, 0.1) is 17.3 Å². The van der Waals surface area contributed by atoms with Crippen LogP contribution in [0.15, 0.2) is 12.1 Å². The summed E-state index contributed by atoms with van der Waals surface area (Å²) in [5.74, 6) is -1.09. The van der Waals surface area contributed by atoms with Crippen molar-refractivity contribution < 1.29 is 14.4 Å². The van der Waals surface area contributed by atoms with Crippen molar-refractivity contribution in [2.24, 2.45) is 5.73 Å². The van der Waals surface area contributed by atoms with E-state index in [9.17, 15) is 14.4 Å². The third-order valence-corrected chi connectivity index (χ3v) is 4.03. The second-order valence-corrected chi connectivity index (χ2v) is 5.48. The van der Waals surface area contributed by atoms with Gasteiger partial charge in [0, 0.05) is 11.3 Å². The van der Waals surface area contributed by atoms with Crippen molar-refractivity contribution in [3.63, 3.8) is 0 Å². The Hall–Kier alpha value is -2.12. The predicted molar refractivity (Wildman–Crippen MR) is 77.0 cm³/mol. The number of anilines is 2. The standard InChI is InChI=1S/C13H13ClN4O3/c1-5-12(20)17-10(19)4-18(5)9-3-8-6(2-7(9)14)11(15)13(21)16-8/h2-3,5,11H,4,15H2,1H3,(H,16,21)(H,17,19,20). The van der Waals surface area contributed by atoms with Gasteiger partial charge in [0.1, 0.15) is 12.1 Å². The molecule has 0 radical (unpaired) electrons. The van der Waals surface area contributed by atoms with Crippen LogP contribution < -0.4 is 21.3 Å². The molecular formula is C13H13ClN4O3. The Labute approximate surface area is 125 Å². The van der Waals surface area contributed by atoms with Gasteiger partial charge in [-0.1, -0.05) is 11.6 Å². The first kappa shape index (κ1) is 13.8. The summed E-state index contributed by atoms with van der Waals surface area (Å²) < 4.78 is 0. The molecule has 2 aliphatic rings. The minimum Gasteiger partial charge on any atom is -0.349 e. The minimum absolute atomic E-state index is 0.0193. The molecule has 3 amide bonds. The molecule has 1 aromatic carbocycles. The van der Waals surface area contributed by atoms with E-state index in [-0.39, 0.29) is 18.4 Å². The number of fused-ring (bicyclic) bond motifs is 1. The minimum atomic E-state index is -0.754. The summed E-state index contributed by atoms with van der Waals surface area (Å²) >= 11 is 6.24. The van der Waals surface area contributed by atoms with E-state index in [2.05, 4.69) is 10.6 Å². The quantitative estimate of drug-likeness (QED) is 0.640. The molecule has 4 N–H and O–H groups in total. The molecule has 0 bridgehead atoms. The molecule has 21 heavy (non-hydrogen) atoms. The molecule has 0 spiro atoms. The zero-order valence-electron chi connectivity index (χ0n) is 11.1. The van der Waals surface area contributed by atoms with Gasteiger partial charge in [-0.05, 0) is 19.1 Å². The number of rotatable bonds is 1. The lowest BCUT2D eigenvalue weighted by molar-refractivity contribution is -0.132. The van der Waals surface area contributed by atoms with E-state index < -0.39 is 18.0 Å². The molecule has 8 heteroatoms. The van der Waals surface area contributed by atoms with E-state index in [0.717, 1.165) is 0 Å². The number of nitrogens with one attached hydrogen (secondary N) is 2. The van der Waals surface area contributed by atoms with Gasteiger partial charge in [0.15, 0.2) is 0 Å². The maximum absolute atomic E-state index is 11.7. The first-order valence-electron chi connectivity index (χ1n) is 6.38. The van der Waals surface area contributed by atoms with Crippen LogP contribution >= 0.6 is 11.6 Å². The van der Waals surface area contributed by atoms with E-state index in [0.29, 0.717) is 22.0 Å². The Morgan fingerprint density at radius 2 is 1.95 bits per heavy atom. The van der Waals surface area contributed by atoms with Crippen LogP contribution in [-0.2, 0) is 14.4 Å². The topological polar surface area (TPSA) is 105 Å². The number of hydrogen-bond acceptors (Lipinski definition) is 5. The molecule has 0 saturated carbocycles. The monoisotopic (exact) mass is 308 g/mol. The van der Waals surface area contributed by atoms with Crippen LogP contribution in [0, 0.1) is 0 Å². The number of carbonyl (C=O) groups is 3. The number of benzene rings is 1. The Bertz CT molecular complexity index is 676. The molecule has 110 valence electrons. The summed E-state index contributed by atoms with van der Waals surface area (Å²) in [4.78, 5) is 36.5. The van der Waals surface area contributed by atoms with E-state index in [4.69, 9.17) is 17.3 Å². The van der Waals surface area contributed by atoms with E-state index in [1.165, 1.54) is 0 Å². The maximum atomic E-state index is 11.7. The largest absolute Gasteiger partial charge is 0.349 e. The predicted octanol–water partition coefficient (Wildman–Crippen LogP) is 0.143. The number of carbonyl (C=O) groups excluding carboxylic acids is 3. The second-order valence-electron chi connectivity index (χ2n) is 5.07. The molecule has 0 aromatic heterocycles. The fourth-order valence-electron chi connectivity index (χ4n) is 2.52. The Morgan fingerprint density at radius 1 is 1.24 bits per heavy atom.